The summed E-state index contributed by atoms with van der Waals surface area (Å²) in [4.78, 5) is 13.9. The van der Waals surface area contributed by atoms with Crippen molar-refractivity contribution in [3.8, 4) is 5.75 Å². The van der Waals surface area contributed by atoms with Gasteiger partial charge in [-0.15, -0.1) is 0 Å². The van der Waals surface area contributed by atoms with E-state index in [9.17, 15) is 4.79 Å². The largest absolute Gasteiger partial charge is 0.495 e. The van der Waals surface area contributed by atoms with Gasteiger partial charge in [0.25, 0.3) is 0 Å². The van der Waals surface area contributed by atoms with E-state index in [0.29, 0.717) is 30.4 Å². The van der Waals surface area contributed by atoms with Gasteiger partial charge in [0.1, 0.15) is 11.4 Å². The number of amides is 1. The predicted molar refractivity (Wildman–Crippen MR) is 86.6 cm³/mol. The zero-order valence-corrected chi connectivity index (χ0v) is 14.2. The first kappa shape index (κ1) is 16.9. The second kappa shape index (κ2) is 6.75. The van der Waals surface area contributed by atoms with E-state index in [1.807, 2.05) is 39.0 Å². The summed E-state index contributed by atoms with van der Waals surface area (Å²) >= 11 is 6.18. The van der Waals surface area contributed by atoms with Gasteiger partial charge in [0.2, 0.25) is 0 Å². The normalized spacial score (nSPS) is 19.0. The minimum Gasteiger partial charge on any atom is -0.495 e. The number of piperazine rings is 1. The fraction of sp³-hybridized carbons (Fsp3) is 0.562. The van der Waals surface area contributed by atoms with Crippen LogP contribution in [0.25, 0.3) is 0 Å². The van der Waals surface area contributed by atoms with Crippen molar-refractivity contribution >= 4 is 17.7 Å². The van der Waals surface area contributed by atoms with Crippen molar-refractivity contribution in [1.29, 1.82) is 0 Å². The summed E-state index contributed by atoms with van der Waals surface area (Å²) in [7, 11) is 1.59. The number of carbonyl (C=O) groups excluding carboxylic acids is 1. The molecule has 1 aliphatic rings. The fourth-order valence-corrected chi connectivity index (χ4v) is 2.63. The summed E-state index contributed by atoms with van der Waals surface area (Å²) in [5, 5.41) is 3.96. The maximum atomic E-state index is 12.2. The molecule has 1 saturated heterocycles. The highest BCUT2D eigenvalue weighted by Gasteiger charge is 2.28. The molecule has 122 valence electrons. The molecule has 1 atom stereocenters. The number of benzene rings is 1. The Morgan fingerprint density at radius 1 is 1.41 bits per heavy atom. The molecule has 6 heteroatoms. The molecule has 1 amide bonds. The van der Waals surface area contributed by atoms with Crippen molar-refractivity contribution in [3.63, 3.8) is 0 Å². The van der Waals surface area contributed by atoms with Crippen LogP contribution >= 0.6 is 11.6 Å². The second-order valence-electron chi connectivity index (χ2n) is 6.33. The van der Waals surface area contributed by atoms with Crippen LogP contribution < -0.4 is 10.1 Å². The lowest BCUT2D eigenvalue weighted by atomic mass is 10.0. The van der Waals surface area contributed by atoms with E-state index in [0.717, 1.165) is 5.56 Å². The Kier molecular flexibility index (Phi) is 5.19. The van der Waals surface area contributed by atoms with Crippen LogP contribution in [0.5, 0.6) is 5.75 Å². The Labute approximate surface area is 136 Å². The zero-order valence-electron chi connectivity index (χ0n) is 13.5. The van der Waals surface area contributed by atoms with Crippen LogP contribution in [0.1, 0.15) is 32.4 Å². The first-order valence-corrected chi connectivity index (χ1v) is 7.72. The third-order valence-electron chi connectivity index (χ3n) is 3.41. The van der Waals surface area contributed by atoms with E-state index in [4.69, 9.17) is 21.1 Å². The van der Waals surface area contributed by atoms with Gasteiger partial charge in [-0.1, -0.05) is 17.7 Å². The molecule has 0 radical (unpaired) electrons. The first-order chi connectivity index (χ1) is 10.3. The smallest absolute Gasteiger partial charge is 0.410 e. The van der Waals surface area contributed by atoms with Crippen LogP contribution in [0.3, 0.4) is 0 Å². The molecule has 2 rings (SSSR count). The highest BCUT2D eigenvalue weighted by Crippen LogP contribution is 2.28. The van der Waals surface area contributed by atoms with Crippen molar-refractivity contribution in [1.82, 2.24) is 10.2 Å². The summed E-state index contributed by atoms with van der Waals surface area (Å²) in [6, 6.07) is 5.70. The molecule has 1 N–H and O–H groups in total. The molecule has 1 heterocycles. The highest BCUT2D eigenvalue weighted by atomic mass is 35.5. The Balaban J connectivity index is 2.07. The maximum absolute atomic E-state index is 12.2. The molecule has 1 fully saturated rings. The molecule has 5 nitrogen and oxygen atoms in total. The summed E-state index contributed by atoms with van der Waals surface area (Å²) in [5.74, 6) is 0.644. The van der Waals surface area contributed by atoms with Crippen LogP contribution in [-0.2, 0) is 4.74 Å². The molecule has 1 aliphatic heterocycles. The number of methoxy groups -OCH3 is 1. The highest BCUT2D eigenvalue weighted by molar-refractivity contribution is 6.32. The Morgan fingerprint density at radius 2 is 2.14 bits per heavy atom. The lowest BCUT2D eigenvalue weighted by Crippen LogP contribution is -2.49. The molecule has 0 aromatic heterocycles. The number of ether oxygens (including phenoxy) is 2. The molecule has 22 heavy (non-hydrogen) atoms. The van der Waals surface area contributed by atoms with Gasteiger partial charge < -0.3 is 19.7 Å². The number of halogens is 1. The molecule has 0 spiro atoms. The summed E-state index contributed by atoms with van der Waals surface area (Å²) in [6.07, 6.45) is -0.279. The molecule has 0 bridgehead atoms. The van der Waals surface area contributed by atoms with Crippen LogP contribution in [-0.4, -0.2) is 43.3 Å². The monoisotopic (exact) mass is 326 g/mol. The van der Waals surface area contributed by atoms with Crippen molar-refractivity contribution in [3.05, 3.63) is 28.8 Å². The number of carbonyl (C=O) groups is 1. The minimum atomic E-state index is -0.485. The van der Waals surface area contributed by atoms with Gasteiger partial charge in [0.15, 0.2) is 0 Å². The summed E-state index contributed by atoms with van der Waals surface area (Å²) < 4.78 is 10.6. The first-order valence-electron chi connectivity index (χ1n) is 7.35. The summed E-state index contributed by atoms with van der Waals surface area (Å²) in [6.45, 7) is 7.51. The topological polar surface area (TPSA) is 50.8 Å². The molecular weight excluding hydrogens is 304 g/mol. The number of hydrogen-bond donors (Lipinski definition) is 1. The van der Waals surface area contributed by atoms with E-state index in [-0.39, 0.29) is 12.1 Å². The Bertz CT molecular complexity index is 543. The molecule has 1 unspecified atom stereocenters. The van der Waals surface area contributed by atoms with Crippen LogP contribution in [0.4, 0.5) is 4.79 Å². The van der Waals surface area contributed by atoms with Crippen molar-refractivity contribution < 1.29 is 14.3 Å². The number of hydrogen-bond acceptors (Lipinski definition) is 4. The predicted octanol–water partition coefficient (Wildman–Crippen LogP) is 3.23. The van der Waals surface area contributed by atoms with E-state index < -0.39 is 5.60 Å². The zero-order chi connectivity index (χ0) is 16.3. The van der Waals surface area contributed by atoms with Gasteiger partial charge in [-0.25, -0.2) is 4.79 Å². The molecule has 1 aromatic rings. The molecule has 0 aliphatic carbocycles. The third kappa shape index (κ3) is 4.27. The second-order valence-corrected chi connectivity index (χ2v) is 6.73. The van der Waals surface area contributed by atoms with Crippen LogP contribution in [0, 0.1) is 0 Å². The van der Waals surface area contributed by atoms with E-state index in [2.05, 4.69) is 5.32 Å². The lowest BCUT2D eigenvalue weighted by molar-refractivity contribution is 0.0195. The number of nitrogens with zero attached hydrogens (tertiary/aromatic N) is 1. The Morgan fingerprint density at radius 3 is 2.73 bits per heavy atom. The average molecular weight is 327 g/mol. The number of rotatable bonds is 2. The van der Waals surface area contributed by atoms with Crippen molar-refractivity contribution in [2.45, 2.75) is 32.4 Å². The quantitative estimate of drug-likeness (QED) is 0.906. The van der Waals surface area contributed by atoms with Crippen molar-refractivity contribution in [2.24, 2.45) is 0 Å². The number of nitrogens with one attached hydrogen (secondary N) is 1. The standard InChI is InChI=1S/C16H23ClN2O3/c1-16(2,3)22-15(20)19-8-7-18-13(10-19)11-5-6-14(21-4)12(17)9-11/h5-6,9,13,18H,7-8,10H2,1-4H3. The van der Waals surface area contributed by atoms with Gasteiger partial charge in [0.05, 0.1) is 18.2 Å². The average Bonchev–Trinajstić information content (AvgIpc) is 2.45. The molecule has 0 saturated carbocycles. The van der Waals surface area contributed by atoms with Gasteiger partial charge in [-0.05, 0) is 38.5 Å². The van der Waals surface area contributed by atoms with E-state index in [1.165, 1.54) is 0 Å². The van der Waals surface area contributed by atoms with Gasteiger partial charge in [-0.2, -0.15) is 0 Å². The Hall–Kier alpha value is -1.46. The molecular formula is C16H23ClN2O3. The van der Waals surface area contributed by atoms with E-state index in [1.54, 1.807) is 12.0 Å². The SMILES string of the molecule is COc1ccc(C2CN(C(=O)OC(C)(C)C)CCN2)cc1Cl. The van der Waals surface area contributed by atoms with Crippen LogP contribution in [0.2, 0.25) is 5.02 Å². The lowest BCUT2D eigenvalue weighted by Gasteiger charge is -2.35. The minimum absolute atomic E-state index is 0.0321. The fourth-order valence-electron chi connectivity index (χ4n) is 2.36. The van der Waals surface area contributed by atoms with Crippen molar-refractivity contribution in [2.75, 3.05) is 26.7 Å². The molecule has 1 aromatic carbocycles. The summed E-state index contributed by atoms with van der Waals surface area (Å²) in [5.41, 5.74) is 0.542. The van der Waals surface area contributed by atoms with Gasteiger partial charge in [-0.3, -0.25) is 0 Å². The van der Waals surface area contributed by atoms with Crippen LogP contribution in [0.15, 0.2) is 18.2 Å². The van der Waals surface area contributed by atoms with Gasteiger partial charge >= 0.3 is 6.09 Å². The third-order valence-corrected chi connectivity index (χ3v) is 3.70. The van der Waals surface area contributed by atoms with E-state index >= 15 is 0 Å². The van der Waals surface area contributed by atoms with Gasteiger partial charge in [0, 0.05) is 19.6 Å². The maximum Gasteiger partial charge on any atom is 0.410 e.